The summed E-state index contributed by atoms with van der Waals surface area (Å²) >= 11 is 1.77. The fourth-order valence-corrected chi connectivity index (χ4v) is 4.27. The van der Waals surface area contributed by atoms with Gasteiger partial charge in [0.1, 0.15) is 0 Å². The summed E-state index contributed by atoms with van der Waals surface area (Å²) in [5.74, 6) is 2.10. The number of guanidine groups is 1. The molecule has 3 aliphatic rings. The van der Waals surface area contributed by atoms with E-state index in [1.54, 1.807) is 18.8 Å². The molecular weight excluding hydrogens is 439 g/mol. The maximum absolute atomic E-state index is 12.5. The minimum atomic E-state index is -0.100. The molecule has 2 fully saturated rings. The predicted octanol–water partition coefficient (Wildman–Crippen LogP) is 0.939. The van der Waals surface area contributed by atoms with Crippen molar-refractivity contribution in [2.45, 2.75) is 6.42 Å². The molecule has 0 spiro atoms. The Bertz CT molecular complexity index is 524. The number of aliphatic imine (C=N–C) groups is 1. The summed E-state index contributed by atoms with van der Waals surface area (Å²) in [7, 11) is 1.72. The molecule has 0 aromatic carbocycles. The van der Waals surface area contributed by atoms with Crippen molar-refractivity contribution in [1.29, 1.82) is 0 Å². The third kappa shape index (κ3) is 3.58. The SMILES string of the molecule is CN=C(NCCSC)NCCN1C(=O)C2C3C=CC(C3)C2C1=O.I. The molecule has 0 radical (unpaired) electrons. The second-order valence-corrected chi connectivity index (χ2v) is 7.23. The van der Waals surface area contributed by atoms with Gasteiger partial charge in [-0.2, -0.15) is 11.8 Å². The molecule has 1 heterocycles. The number of rotatable bonds is 6. The summed E-state index contributed by atoms with van der Waals surface area (Å²) in [5, 5.41) is 6.37. The van der Waals surface area contributed by atoms with E-state index in [4.69, 9.17) is 0 Å². The summed E-state index contributed by atoms with van der Waals surface area (Å²) < 4.78 is 0. The van der Waals surface area contributed by atoms with Crippen molar-refractivity contribution in [3.63, 3.8) is 0 Å². The molecule has 1 saturated carbocycles. The van der Waals surface area contributed by atoms with Crippen molar-refractivity contribution in [1.82, 2.24) is 15.5 Å². The van der Waals surface area contributed by atoms with Crippen LogP contribution in [0.3, 0.4) is 0 Å². The molecule has 4 atom stereocenters. The molecule has 4 unspecified atom stereocenters. The lowest BCUT2D eigenvalue weighted by molar-refractivity contribution is -0.140. The van der Waals surface area contributed by atoms with Crippen molar-refractivity contribution in [3.05, 3.63) is 12.2 Å². The van der Waals surface area contributed by atoms with Gasteiger partial charge < -0.3 is 10.6 Å². The molecule has 6 nitrogen and oxygen atoms in total. The summed E-state index contributed by atoms with van der Waals surface area (Å²) in [6.45, 7) is 1.77. The zero-order valence-electron chi connectivity index (χ0n) is 14.0. The fraction of sp³-hybridized carbons (Fsp3) is 0.688. The summed E-state index contributed by atoms with van der Waals surface area (Å²) in [6, 6.07) is 0. The number of allylic oxidation sites excluding steroid dienone is 2. The van der Waals surface area contributed by atoms with Crippen LogP contribution in [-0.2, 0) is 9.59 Å². The first-order chi connectivity index (χ1) is 11.2. The number of nitrogens with zero attached hydrogens (tertiary/aromatic N) is 2. The Morgan fingerprint density at radius 1 is 1.21 bits per heavy atom. The van der Waals surface area contributed by atoms with Crippen molar-refractivity contribution < 1.29 is 9.59 Å². The number of carbonyl (C=O) groups is 2. The van der Waals surface area contributed by atoms with E-state index in [0.717, 1.165) is 18.7 Å². The lowest BCUT2D eigenvalue weighted by Gasteiger charge is -2.18. The quantitative estimate of drug-likeness (QED) is 0.153. The molecule has 24 heavy (non-hydrogen) atoms. The van der Waals surface area contributed by atoms with E-state index in [-0.39, 0.29) is 59.5 Å². The summed E-state index contributed by atoms with van der Waals surface area (Å²) in [4.78, 5) is 30.7. The number of hydrogen-bond donors (Lipinski definition) is 2. The van der Waals surface area contributed by atoms with E-state index in [2.05, 4.69) is 34.0 Å². The Hall–Kier alpha value is -0.770. The van der Waals surface area contributed by atoms with Crippen LogP contribution in [0.25, 0.3) is 0 Å². The Morgan fingerprint density at radius 2 is 1.79 bits per heavy atom. The van der Waals surface area contributed by atoms with Crippen LogP contribution < -0.4 is 10.6 Å². The number of hydrogen-bond acceptors (Lipinski definition) is 4. The lowest BCUT2D eigenvalue weighted by Crippen LogP contribution is -2.44. The van der Waals surface area contributed by atoms with Crippen LogP contribution in [0.1, 0.15) is 6.42 Å². The van der Waals surface area contributed by atoms with Gasteiger partial charge in [-0.3, -0.25) is 19.5 Å². The first kappa shape index (κ1) is 19.6. The summed E-state index contributed by atoms with van der Waals surface area (Å²) in [6.07, 6.45) is 7.28. The van der Waals surface area contributed by atoms with Crippen LogP contribution in [0.2, 0.25) is 0 Å². The van der Waals surface area contributed by atoms with E-state index < -0.39 is 0 Å². The van der Waals surface area contributed by atoms with Gasteiger partial charge in [0.05, 0.1) is 11.8 Å². The van der Waals surface area contributed by atoms with Gasteiger partial charge in [-0.1, -0.05) is 12.2 Å². The Morgan fingerprint density at radius 3 is 2.33 bits per heavy atom. The molecule has 2 N–H and O–H groups in total. The van der Waals surface area contributed by atoms with Gasteiger partial charge in [0.2, 0.25) is 11.8 Å². The average Bonchev–Trinajstić information content (AvgIpc) is 3.22. The number of imide groups is 1. The summed E-state index contributed by atoms with van der Waals surface area (Å²) in [5.41, 5.74) is 0. The number of carbonyl (C=O) groups excluding carboxylic acids is 2. The van der Waals surface area contributed by atoms with Crippen LogP contribution >= 0.6 is 35.7 Å². The van der Waals surface area contributed by atoms with Crippen LogP contribution in [-0.4, -0.2) is 61.4 Å². The molecule has 1 aliphatic heterocycles. The fourth-order valence-electron chi connectivity index (χ4n) is 3.96. The maximum atomic E-state index is 12.5. The minimum Gasteiger partial charge on any atom is -0.356 e. The molecule has 3 rings (SSSR count). The van der Waals surface area contributed by atoms with Gasteiger partial charge >= 0.3 is 0 Å². The van der Waals surface area contributed by atoms with Gasteiger partial charge in [0.15, 0.2) is 5.96 Å². The van der Waals surface area contributed by atoms with Crippen LogP contribution in [0, 0.1) is 23.7 Å². The Kier molecular flexibility index (Phi) is 6.97. The highest BCUT2D eigenvalue weighted by atomic mass is 127. The predicted molar refractivity (Wildman–Crippen MR) is 108 cm³/mol. The van der Waals surface area contributed by atoms with Crippen LogP contribution in [0.15, 0.2) is 17.1 Å². The van der Waals surface area contributed by atoms with Crippen LogP contribution in [0.5, 0.6) is 0 Å². The zero-order valence-corrected chi connectivity index (χ0v) is 17.2. The normalized spacial score (nSPS) is 30.6. The third-order valence-corrected chi connectivity index (χ3v) is 5.62. The first-order valence-electron chi connectivity index (χ1n) is 8.14. The van der Waals surface area contributed by atoms with Crippen LogP contribution in [0.4, 0.5) is 0 Å². The largest absolute Gasteiger partial charge is 0.356 e. The second-order valence-electron chi connectivity index (χ2n) is 6.25. The van der Waals surface area contributed by atoms with E-state index in [1.807, 2.05) is 0 Å². The number of amides is 2. The number of nitrogens with one attached hydrogen (secondary N) is 2. The van der Waals surface area contributed by atoms with Crippen molar-refractivity contribution in [2.75, 3.05) is 38.7 Å². The smallest absolute Gasteiger partial charge is 0.233 e. The average molecular weight is 464 g/mol. The van der Waals surface area contributed by atoms with Gasteiger partial charge in [-0.25, -0.2) is 0 Å². The van der Waals surface area contributed by atoms with Gasteiger partial charge in [0, 0.05) is 32.4 Å². The molecule has 8 heteroatoms. The topological polar surface area (TPSA) is 73.8 Å². The first-order valence-corrected chi connectivity index (χ1v) is 9.53. The zero-order chi connectivity index (χ0) is 16.4. The molecule has 134 valence electrons. The number of fused-ring (bicyclic) bond motifs is 5. The van der Waals surface area contributed by atoms with Crippen molar-refractivity contribution >= 4 is 53.5 Å². The van der Waals surface area contributed by atoms with E-state index in [1.165, 1.54) is 4.90 Å². The van der Waals surface area contributed by atoms with E-state index >= 15 is 0 Å². The molecule has 2 amide bonds. The van der Waals surface area contributed by atoms with Crippen molar-refractivity contribution in [3.8, 4) is 0 Å². The van der Waals surface area contributed by atoms with Crippen molar-refractivity contribution in [2.24, 2.45) is 28.7 Å². The highest BCUT2D eigenvalue weighted by Crippen LogP contribution is 2.52. The van der Waals surface area contributed by atoms with Gasteiger partial charge in [-0.15, -0.1) is 24.0 Å². The molecule has 2 bridgehead atoms. The lowest BCUT2D eigenvalue weighted by atomic mass is 9.85. The number of halogens is 1. The van der Waals surface area contributed by atoms with Gasteiger partial charge in [0.25, 0.3) is 0 Å². The third-order valence-electron chi connectivity index (χ3n) is 5.01. The standard InChI is InChI=1S/C16H24N4O2S.HI/c1-17-16(19-6-8-23-2)18-5-7-20-14(21)12-10-3-4-11(9-10)13(12)15(20)22;/h3-4,10-13H,5-9H2,1-2H3,(H2,17,18,19);1H. The van der Waals surface area contributed by atoms with E-state index in [9.17, 15) is 9.59 Å². The molecular formula is C16H25IN4O2S. The highest BCUT2D eigenvalue weighted by Gasteiger charge is 2.58. The Balaban J connectivity index is 0.00000208. The highest BCUT2D eigenvalue weighted by molar-refractivity contribution is 14.0. The van der Waals surface area contributed by atoms with Gasteiger partial charge in [-0.05, 0) is 24.5 Å². The monoisotopic (exact) mass is 464 g/mol. The minimum absolute atomic E-state index is 0. The second kappa shape index (κ2) is 8.55. The number of thioether (sulfide) groups is 1. The molecule has 1 saturated heterocycles. The molecule has 0 aromatic rings. The molecule has 0 aromatic heterocycles. The van der Waals surface area contributed by atoms with E-state index in [0.29, 0.717) is 19.0 Å². The maximum Gasteiger partial charge on any atom is 0.233 e. The number of likely N-dealkylation sites (tertiary alicyclic amines) is 1. The molecule has 2 aliphatic carbocycles. The Labute approximate surface area is 164 Å².